The lowest BCUT2D eigenvalue weighted by Gasteiger charge is -2.11. The quantitative estimate of drug-likeness (QED) is 0.543. The molecule has 0 aliphatic rings. The summed E-state index contributed by atoms with van der Waals surface area (Å²) in [5.74, 6) is 0. The number of aromatic nitrogens is 2. The van der Waals surface area contributed by atoms with Crippen LogP contribution < -0.4 is 5.32 Å². The lowest BCUT2D eigenvalue weighted by Crippen LogP contribution is -2.24. The first-order valence-electron chi connectivity index (χ1n) is 4.76. The Morgan fingerprint density at radius 2 is 2.50 bits per heavy atom. The molecule has 5 heteroatoms. The molecule has 1 aromatic rings. The lowest BCUT2D eigenvalue weighted by molar-refractivity contribution is 0.0928. The van der Waals surface area contributed by atoms with Gasteiger partial charge in [-0.3, -0.25) is 5.10 Å². The van der Waals surface area contributed by atoms with Crippen LogP contribution in [0, 0.1) is 0 Å². The van der Waals surface area contributed by atoms with Crippen molar-refractivity contribution in [2.45, 2.75) is 13.0 Å². The van der Waals surface area contributed by atoms with Crippen molar-refractivity contribution in [1.29, 1.82) is 0 Å². The number of H-pyrrole nitrogens is 1. The number of hydrogen-bond donors (Lipinski definition) is 3. The predicted molar refractivity (Wildman–Crippen MR) is 52.9 cm³/mol. The van der Waals surface area contributed by atoms with Crippen molar-refractivity contribution >= 4 is 0 Å². The Hall–Kier alpha value is -0.910. The van der Waals surface area contributed by atoms with E-state index < -0.39 is 0 Å². The van der Waals surface area contributed by atoms with Crippen LogP contribution in [0.4, 0.5) is 0 Å². The number of rotatable bonds is 7. The smallest absolute Gasteiger partial charge is 0.0698 e. The highest BCUT2D eigenvalue weighted by Gasteiger charge is 2.04. The van der Waals surface area contributed by atoms with E-state index in [2.05, 4.69) is 22.4 Å². The van der Waals surface area contributed by atoms with Crippen molar-refractivity contribution in [2.24, 2.45) is 0 Å². The number of aliphatic hydroxyl groups is 1. The number of aliphatic hydroxyl groups excluding tert-OH is 1. The number of nitrogens with zero attached hydrogens (tertiary/aromatic N) is 1. The summed E-state index contributed by atoms with van der Waals surface area (Å²) in [7, 11) is 0. The summed E-state index contributed by atoms with van der Waals surface area (Å²) in [5, 5.41) is 18.5. The molecular formula is C9H17N3O2. The molecule has 0 radical (unpaired) electrons. The first-order valence-corrected chi connectivity index (χ1v) is 4.76. The molecule has 0 amide bonds. The van der Waals surface area contributed by atoms with Crippen LogP contribution in [0.3, 0.4) is 0 Å². The Balaban J connectivity index is 2.07. The van der Waals surface area contributed by atoms with Gasteiger partial charge in [0.25, 0.3) is 0 Å². The van der Waals surface area contributed by atoms with Crippen molar-refractivity contribution < 1.29 is 9.84 Å². The Labute approximate surface area is 83.5 Å². The van der Waals surface area contributed by atoms with E-state index in [-0.39, 0.29) is 12.6 Å². The molecule has 0 aromatic carbocycles. The third-order valence-electron chi connectivity index (χ3n) is 1.92. The van der Waals surface area contributed by atoms with Gasteiger partial charge >= 0.3 is 0 Å². The third-order valence-corrected chi connectivity index (χ3v) is 1.92. The van der Waals surface area contributed by atoms with E-state index in [0.29, 0.717) is 13.2 Å². The summed E-state index contributed by atoms with van der Waals surface area (Å²) in [6, 6.07) is 2.18. The van der Waals surface area contributed by atoms with Gasteiger partial charge in [0.15, 0.2) is 0 Å². The standard InChI is InChI=1S/C9H17N3O2/c1-8(9-2-3-11-12-9)10-4-6-14-7-5-13/h2-3,8,10,13H,4-7H2,1H3,(H,11,12). The van der Waals surface area contributed by atoms with Crippen LogP contribution >= 0.6 is 0 Å². The molecule has 1 unspecified atom stereocenters. The monoisotopic (exact) mass is 199 g/mol. The van der Waals surface area contributed by atoms with Crippen LogP contribution in [0.2, 0.25) is 0 Å². The van der Waals surface area contributed by atoms with E-state index in [0.717, 1.165) is 12.2 Å². The molecule has 0 saturated carbocycles. The molecule has 0 bridgehead atoms. The number of nitrogens with one attached hydrogen (secondary N) is 2. The van der Waals surface area contributed by atoms with Gasteiger partial charge in [0.2, 0.25) is 0 Å². The minimum atomic E-state index is 0.0795. The van der Waals surface area contributed by atoms with E-state index in [9.17, 15) is 0 Å². The Morgan fingerprint density at radius 3 is 3.14 bits per heavy atom. The van der Waals surface area contributed by atoms with Crippen LogP contribution in [0.1, 0.15) is 18.7 Å². The van der Waals surface area contributed by atoms with E-state index in [1.807, 2.05) is 6.07 Å². The Morgan fingerprint density at radius 1 is 1.64 bits per heavy atom. The number of aromatic amines is 1. The van der Waals surface area contributed by atoms with Gasteiger partial charge in [-0.1, -0.05) is 0 Å². The van der Waals surface area contributed by atoms with Gasteiger partial charge in [0.05, 0.1) is 25.5 Å². The summed E-state index contributed by atoms with van der Waals surface area (Å²) in [6.45, 7) is 3.91. The van der Waals surface area contributed by atoms with Gasteiger partial charge in [-0.25, -0.2) is 0 Å². The highest BCUT2D eigenvalue weighted by molar-refractivity contribution is 5.02. The first-order chi connectivity index (χ1) is 6.84. The molecule has 80 valence electrons. The molecule has 1 rings (SSSR count). The van der Waals surface area contributed by atoms with Crippen LogP contribution in [0.25, 0.3) is 0 Å². The zero-order valence-corrected chi connectivity index (χ0v) is 8.36. The third kappa shape index (κ3) is 3.87. The fourth-order valence-corrected chi connectivity index (χ4v) is 1.13. The van der Waals surface area contributed by atoms with Gasteiger partial charge in [-0.05, 0) is 13.0 Å². The molecule has 1 aromatic heterocycles. The molecule has 1 atom stereocenters. The largest absolute Gasteiger partial charge is 0.394 e. The fraction of sp³-hybridized carbons (Fsp3) is 0.667. The van der Waals surface area contributed by atoms with Crippen LogP contribution in [0.5, 0.6) is 0 Å². The normalized spacial score (nSPS) is 13.0. The van der Waals surface area contributed by atoms with E-state index in [1.54, 1.807) is 6.20 Å². The minimum absolute atomic E-state index is 0.0795. The molecule has 3 N–H and O–H groups in total. The van der Waals surface area contributed by atoms with Crippen LogP contribution in [0.15, 0.2) is 12.3 Å². The molecule has 14 heavy (non-hydrogen) atoms. The summed E-state index contributed by atoms with van der Waals surface area (Å²) in [6.07, 6.45) is 1.73. The Kier molecular flexibility index (Phi) is 5.21. The molecule has 0 saturated heterocycles. The summed E-state index contributed by atoms with van der Waals surface area (Å²) in [5.41, 5.74) is 1.06. The van der Waals surface area contributed by atoms with Gasteiger partial charge in [-0.2, -0.15) is 5.10 Å². The summed E-state index contributed by atoms with van der Waals surface area (Å²) in [4.78, 5) is 0. The van der Waals surface area contributed by atoms with Crippen molar-refractivity contribution in [1.82, 2.24) is 15.5 Å². The fourth-order valence-electron chi connectivity index (χ4n) is 1.13. The van der Waals surface area contributed by atoms with Crippen molar-refractivity contribution in [3.05, 3.63) is 18.0 Å². The van der Waals surface area contributed by atoms with Crippen molar-refractivity contribution in [3.63, 3.8) is 0 Å². The van der Waals surface area contributed by atoms with Crippen molar-refractivity contribution in [2.75, 3.05) is 26.4 Å². The first kappa shape index (κ1) is 11.2. The van der Waals surface area contributed by atoms with Gasteiger partial charge in [0.1, 0.15) is 0 Å². The number of ether oxygens (including phenoxy) is 1. The summed E-state index contributed by atoms with van der Waals surface area (Å²) >= 11 is 0. The minimum Gasteiger partial charge on any atom is -0.394 e. The lowest BCUT2D eigenvalue weighted by atomic mass is 10.2. The highest BCUT2D eigenvalue weighted by atomic mass is 16.5. The topological polar surface area (TPSA) is 70.2 Å². The molecule has 0 aliphatic heterocycles. The second-order valence-corrected chi connectivity index (χ2v) is 3.02. The second kappa shape index (κ2) is 6.53. The van der Waals surface area contributed by atoms with Crippen LogP contribution in [-0.4, -0.2) is 41.7 Å². The van der Waals surface area contributed by atoms with E-state index >= 15 is 0 Å². The average Bonchev–Trinajstić information content (AvgIpc) is 2.70. The predicted octanol–water partition coefficient (Wildman–Crippen LogP) is 0.0692. The second-order valence-electron chi connectivity index (χ2n) is 3.02. The van der Waals surface area contributed by atoms with Crippen molar-refractivity contribution in [3.8, 4) is 0 Å². The van der Waals surface area contributed by atoms with E-state index in [4.69, 9.17) is 9.84 Å². The number of hydrogen-bond acceptors (Lipinski definition) is 4. The molecule has 0 fully saturated rings. The van der Waals surface area contributed by atoms with Gasteiger partial charge in [0, 0.05) is 18.8 Å². The zero-order valence-electron chi connectivity index (χ0n) is 8.36. The van der Waals surface area contributed by atoms with Gasteiger partial charge in [-0.15, -0.1) is 0 Å². The SMILES string of the molecule is CC(NCCOCCO)c1ccn[nH]1. The maximum atomic E-state index is 8.47. The maximum Gasteiger partial charge on any atom is 0.0698 e. The molecule has 0 spiro atoms. The van der Waals surface area contributed by atoms with E-state index in [1.165, 1.54) is 0 Å². The highest BCUT2D eigenvalue weighted by Crippen LogP contribution is 2.05. The molecular weight excluding hydrogens is 182 g/mol. The summed E-state index contributed by atoms with van der Waals surface area (Å²) < 4.78 is 5.11. The maximum absolute atomic E-state index is 8.47. The molecule has 5 nitrogen and oxygen atoms in total. The zero-order chi connectivity index (χ0) is 10.2. The van der Waals surface area contributed by atoms with Gasteiger partial charge < -0.3 is 15.2 Å². The van der Waals surface area contributed by atoms with Crippen LogP contribution in [-0.2, 0) is 4.74 Å². The molecule has 0 aliphatic carbocycles. The Bertz CT molecular complexity index is 226. The molecule has 1 heterocycles. The average molecular weight is 199 g/mol.